The Hall–Kier alpha value is -12.6. The second-order valence-corrected chi connectivity index (χ2v) is 38.4. The van der Waals surface area contributed by atoms with Crippen LogP contribution in [0.3, 0.4) is 0 Å². The summed E-state index contributed by atoms with van der Waals surface area (Å²) in [4.78, 5) is 320. The number of nitrogens with two attached hydrogens (primary N) is 8. The van der Waals surface area contributed by atoms with Gasteiger partial charge in [0.25, 0.3) is 0 Å². The zero-order chi connectivity index (χ0) is 103. The topological polar surface area (TPSA) is 920 Å². The third-order valence-corrected chi connectivity index (χ3v) is 26.1. The first-order chi connectivity index (χ1) is 65.0. The summed E-state index contributed by atoms with van der Waals surface area (Å²) >= 11 is 0. The van der Waals surface area contributed by atoms with Crippen molar-refractivity contribution < 1.29 is 116 Å². The van der Waals surface area contributed by atoms with E-state index in [1.54, 1.807) is 13.8 Å². The summed E-state index contributed by atoms with van der Waals surface area (Å²) in [6.45, 7) is 7.48. The standard InChI is InChI=1S/C79H131N31O24S4/c1-35(2)26-49-70(127)107-51-31-136-135-30-41(81)63(120)105-50(28-57(84)114)71(128)108-53(73(130)99-42(12-7-8-22-80)64(121)96-38(5)77(134)110-25-11-15-54(110)75(132)102-47(18-21-58(115)116)69(126)109-59(39(6)111)76(133)95-37(4)62(119)104-49)33-138-137-32-52(106-66(123)44(14-10-24-92-79(88)89)98-65(122)43(13-9-23-91-78(86)87)97-61(118)36(3)94-72(51)129)74(131)101-45(16-19-55(82)112)67(124)100-46(17-20-56(83)113)68(125)103-48(60(85)117)27-40-29-90-34-93-40/h29,34-39,41-54,59,111H,7-28,30-33,80-81H2,1-6H3,(H2,82,112)(H2,83,113)(H2,84,114)(H2,85,117)(H,90,93)(H,94,129)(H,95,133)(H,96,121)(H,97,118)(H,98,122)(H,99,130)(H,100,124)(H,101,131)(H,102,132)(H,103,125)(H,104,119)(H,105,120)(H,106,123)(H,107,127)(H,108,128)(H,109,126)(H,115,116)(H4,86,87,91)(H4,88,89,92)/t36-,37-,38-,39+,41-,42-,43-,44-,45-,46-,47-,48-,49-,50-,51-,52-,53-,54-,59?/m0/s1. The highest BCUT2D eigenvalue weighted by Crippen LogP contribution is 2.27. The fourth-order valence-corrected chi connectivity index (χ4v) is 18.3. The number of carboxylic acid groups (broad SMARTS) is 1. The van der Waals surface area contributed by atoms with E-state index in [0.717, 1.165) is 47.3 Å². The third kappa shape index (κ3) is 42.5. The van der Waals surface area contributed by atoms with Crippen LogP contribution in [0.2, 0.25) is 0 Å². The summed E-state index contributed by atoms with van der Waals surface area (Å²) in [7, 11) is 2.86. The SMILES string of the molecule is CC(C)C[C@@H]1NC(=O)[C@H](C)NC(=O)C([C@@H](C)O)NC(=O)[C@H](CCC(=O)O)NC(=O)[C@@H]2CCCN2C(=O)[C@H](C)NC(=O)[C@H](CCCCN)NC(=O)[C@@H]2CSSC[C@@H](C(=O)N[C@@H](CCC(N)=O)C(=O)N[C@@H](CCC(N)=O)C(=O)N[C@@H](Cc3cnc[nH]3)C(N)=O)NC(=O)[C@H](CCCNC(=N)N)NC(=O)[C@H](CCCNC(=N)N)NC(=O)[C@H](C)NC(=O)[C@H](CSSC[C@H](N)C(=O)N[C@@H](CC(N)=O)C(=O)N2)NC1=O. The predicted molar refractivity (Wildman–Crippen MR) is 502 cm³/mol. The van der Waals surface area contributed by atoms with Crippen molar-refractivity contribution in [1.29, 1.82) is 10.8 Å². The zero-order valence-electron chi connectivity index (χ0n) is 77.1. The molecule has 0 aliphatic carbocycles. The summed E-state index contributed by atoms with van der Waals surface area (Å²) in [5, 5.41) is 80.7. The number of imidazole rings is 1. The van der Waals surface area contributed by atoms with Gasteiger partial charge in [-0.3, -0.25) is 116 Å². The normalized spacial score (nSPS) is 25.1. The summed E-state index contributed by atoms with van der Waals surface area (Å²) in [5.41, 5.74) is 46.2. The number of rotatable bonds is 35. The molecule has 3 aliphatic heterocycles. The average molecular weight is 2030 g/mol. The number of fused-ring (bicyclic) bond motifs is 12. The molecule has 1 aromatic heterocycles. The second kappa shape index (κ2) is 60.2. The van der Waals surface area contributed by atoms with Crippen molar-refractivity contribution in [1.82, 2.24) is 111 Å². The van der Waals surface area contributed by atoms with Crippen LogP contribution in [0.1, 0.15) is 156 Å². The molecule has 19 atom stereocenters. The Kier molecular flexibility index (Phi) is 51.3. The van der Waals surface area contributed by atoms with Crippen LogP contribution >= 0.6 is 43.2 Å². The average Bonchev–Trinajstić information content (AvgIpc) is 1.66. The highest BCUT2D eigenvalue weighted by atomic mass is 33.1. The molecule has 55 nitrogen and oxygen atoms in total. The van der Waals surface area contributed by atoms with Gasteiger partial charge in [-0.05, 0) is 124 Å². The number of carboxylic acids is 1. The van der Waals surface area contributed by atoms with E-state index in [-0.39, 0.29) is 90.4 Å². The van der Waals surface area contributed by atoms with Crippen LogP contribution in [-0.4, -0.2) is 331 Å². The molecule has 2 bridgehead atoms. The number of nitrogens with zero attached hydrogens (tertiary/aromatic N) is 2. The number of primary amides is 4. The molecular weight excluding hydrogens is 1900 g/mol. The molecule has 0 aromatic carbocycles. The van der Waals surface area contributed by atoms with Crippen LogP contribution in [0.15, 0.2) is 12.5 Å². The number of carbonyl (C=O) groups excluding carboxylic acids is 21. The number of aromatic amines is 1. The van der Waals surface area contributed by atoms with Crippen molar-refractivity contribution in [2.24, 2.45) is 51.8 Å². The van der Waals surface area contributed by atoms with Crippen LogP contribution in [0.5, 0.6) is 0 Å². The molecule has 0 spiro atoms. The molecule has 1 unspecified atom stereocenters. The molecular formula is C79H131N31O24S4. The van der Waals surface area contributed by atoms with Gasteiger partial charge < -0.3 is 162 Å². The van der Waals surface area contributed by atoms with E-state index in [1.165, 1.54) is 19.4 Å². The van der Waals surface area contributed by atoms with Crippen LogP contribution in [-0.2, 0) is 112 Å². The van der Waals surface area contributed by atoms with E-state index in [4.69, 9.17) is 56.7 Å². The van der Waals surface area contributed by atoms with E-state index in [2.05, 4.69) is 106 Å². The van der Waals surface area contributed by atoms with Gasteiger partial charge in [-0.2, -0.15) is 0 Å². The predicted octanol–water partition coefficient (Wildman–Crippen LogP) is -12.3. The molecule has 3 saturated heterocycles. The number of aromatic nitrogens is 2. The van der Waals surface area contributed by atoms with Crippen molar-refractivity contribution in [3.05, 3.63) is 18.2 Å². The largest absolute Gasteiger partial charge is 0.481 e. The third-order valence-electron chi connectivity index (χ3n) is 21.2. The number of aliphatic carboxylic acids is 1. The van der Waals surface area contributed by atoms with Crippen molar-refractivity contribution in [2.75, 3.05) is 49.2 Å². The van der Waals surface area contributed by atoms with E-state index >= 15 is 19.2 Å². The number of H-pyrrole nitrogens is 1. The highest BCUT2D eigenvalue weighted by Gasteiger charge is 2.43. The Morgan fingerprint density at radius 2 is 0.942 bits per heavy atom. The molecule has 3 aliphatic rings. The molecule has 0 radical (unpaired) electrons. The zero-order valence-corrected chi connectivity index (χ0v) is 80.4. The molecule has 4 rings (SSSR count). The van der Waals surface area contributed by atoms with Crippen molar-refractivity contribution in [3.8, 4) is 0 Å². The van der Waals surface area contributed by atoms with E-state index < -0.39 is 337 Å². The molecule has 4 heterocycles. The number of nitrogens with one attached hydrogen (secondary N) is 21. The lowest BCUT2D eigenvalue weighted by Crippen LogP contribution is -2.61. The second-order valence-electron chi connectivity index (χ2n) is 33.3. The quantitative estimate of drug-likeness (QED) is 0.0130. The number of hydrogen-bond acceptors (Lipinski definition) is 32. The maximum absolute atomic E-state index is 15.4. The number of guanidine groups is 2. The minimum atomic E-state index is -2.01. The fourth-order valence-electron chi connectivity index (χ4n) is 13.7. The summed E-state index contributed by atoms with van der Waals surface area (Å²) < 4.78 is 0. The van der Waals surface area contributed by atoms with Gasteiger partial charge in [-0.1, -0.05) is 57.0 Å². The Morgan fingerprint density at radius 1 is 0.493 bits per heavy atom. The van der Waals surface area contributed by atoms with Gasteiger partial charge in [0.1, 0.15) is 103 Å². The molecule has 138 heavy (non-hydrogen) atoms. The van der Waals surface area contributed by atoms with Gasteiger partial charge in [0.2, 0.25) is 124 Å². The van der Waals surface area contributed by atoms with Gasteiger partial charge in [-0.15, -0.1) is 0 Å². The lowest BCUT2D eigenvalue weighted by Gasteiger charge is -2.30. The molecule has 21 amide bonds. The van der Waals surface area contributed by atoms with Gasteiger partial charge in [0.15, 0.2) is 11.9 Å². The molecule has 1 aromatic rings. The number of aliphatic hydroxyl groups excluding tert-OH is 1. The summed E-state index contributed by atoms with van der Waals surface area (Å²) in [6, 6.07) is -31.5. The van der Waals surface area contributed by atoms with Gasteiger partial charge in [-0.25, -0.2) is 4.98 Å². The van der Waals surface area contributed by atoms with E-state index in [1.807, 2.05) is 0 Å². The number of carbonyl (C=O) groups is 22. The number of unbranched alkanes of at least 4 members (excludes halogenated alkanes) is 1. The Bertz CT molecular complexity index is 4470. The minimum Gasteiger partial charge on any atom is -0.481 e. The number of aliphatic hydroxyl groups is 1. The molecule has 3 fully saturated rings. The van der Waals surface area contributed by atoms with Crippen LogP contribution in [0.4, 0.5) is 0 Å². The molecule has 770 valence electrons. The van der Waals surface area contributed by atoms with E-state index in [0.29, 0.717) is 27.3 Å². The minimum absolute atomic E-state index is 0.0327. The van der Waals surface area contributed by atoms with E-state index in [9.17, 15) is 96.5 Å². The maximum atomic E-state index is 15.4. The lowest BCUT2D eigenvalue weighted by atomic mass is 10.0. The molecule has 0 saturated carbocycles. The number of amides is 21. The van der Waals surface area contributed by atoms with Crippen LogP contribution < -0.4 is 142 Å². The first-order valence-corrected chi connectivity index (χ1v) is 49.3. The lowest BCUT2D eigenvalue weighted by molar-refractivity contribution is -0.142. The summed E-state index contributed by atoms with van der Waals surface area (Å²) in [6.07, 6.45) is -5.57. The van der Waals surface area contributed by atoms with Crippen molar-refractivity contribution in [3.63, 3.8) is 0 Å². The monoisotopic (exact) mass is 2030 g/mol. The first-order valence-electron chi connectivity index (χ1n) is 44.3. The van der Waals surface area contributed by atoms with Gasteiger partial charge in [0, 0.05) is 80.2 Å². The van der Waals surface area contributed by atoms with Crippen LogP contribution in [0.25, 0.3) is 0 Å². The Balaban J connectivity index is 2.11. The first kappa shape index (κ1) is 118. The maximum Gasteiger partial charge on any atom is 0.303 e. The molecule has 39 N–H and O–H groups in total. The smallest absolute Gasteiger partial charge is 0.303 e. The highest BCUT2D eigenvalue weighted by molar-refractivity contribution is 8.77. The fraction of sp³-hybridized carbons (Fsp3) is 0.658. The van der Waals surface area contributed by atoms with Crippen molar-refractivity contribution in [2.45, 2.75) is 272 Å². The van der Waals surface area contributed by atoms with Crippen LogP contribution in [0, 0.1) is 16.7 Å². The van der Waals surface area contributed by atoms with Gasteiger partial charge in [0.05, 0.1) is 24.9 Å². The molecule has 59 heteroatoms. The van der Waals surface area contributed by atoms with Gasteiger partial charge >= 0.3 is 5.97 Å². The Labute approximate surface area is 809 Å². The summed E-state index contributed by atoms with van der Waals surface area (Å²) in [5.74, 6) is -29.2. The van der Waals surface area contributed by atoms with Crippen molar-refractivity contribution >= 4 is 185 Å². The Morgan fingerprint density at radius 3 is 1.46 bits per heavy atom. The number of hydrogen-bond donors (Lipinski definition) is 31.